The van der Waals surface area contributed by atoms with E-state index in [2.05, 4.69) is 5.32 Å². The first kappa shape index (κ1) is 18.0. The lowest BCUT2D eigenvalue weighted by Crippen LogP contribution is -2.58. The Morgan fingerprint density at radius 3 is 2.05 bits per heavy atom. The lowest BCUT2D eigenvalue weighted by molar-refractivity contribution is -0.144. The Morgan fingerprint density at radius 2 is 1.70 bits per heavy atom. The number of hydrogen-bond donors (Lipinski definition) is 5. The molecule has 0 aromatic heterocycles. The first-order valence-electron chi connectivity index (χ1n) is 5.86. The molecule has 0 saturated carbocycles. The van der Waals surface area contributed by atoms with Crippen LogP contribution in [0, 0.1) is 0 Å². The van der Waals surface area contributed by atoms with Crippen LogP contribution >= 0.6 is 0 Å². The molecule has 20 heavy (non-hydrogen) atoms. The monoisotopic (exact) mass is 290 g/mol. The number of carboxylic acids is 1. The standard InChI is InChI=1S/C11H18N2O7/c1-3-7(16)13-8(9(17)5(2)15)10(18)12-6(4-14)11(19)20/h6,8-9,14,17H,3-4H2,1-2H3,(H,12,18)(H,13,16)(H,19,20)/t6-,8-,9+/m0/s1. The van der Waals surface area contributed by atoms with E-state index in [4.69, 9.17) is 10.2 Å². The number of aliphatic carboxylic acids is 1. The molecule has 9 nitrogen and oxygen atoms in total. The van der Waals surface area contributed by atoms with Gasteiger partial charge < -0.3 is 26.0 Å². The van der Waals surface area contributed by atoms with Crippen LogP contribution < -0.4 is 10.6 Å². The zero-order valence-corrected chi connectivity index (χ0v) is 11.1. The fraction of sp³-hybridized carbons (Fsp3) is 0.636. The minimum atomic E-state index is -1.81. The quantitative estimate of drug-likeness (QED) is 0.328. The van der Waals surface area contributed by atoms with Gasteiger partial charge in [-0.05, 0) is 6.92 Å². The number of carbonyl (C=O) groups excluding carboxylic acids is 3. The summed E-state index contributed by atoms with van der Waals surface area (Å²) >= 11 is 0. The molecule has 0 unspecified atom stereocenters. The van der Waals surface area contributed by atoms with Crippen molar-refractivity contribution in [2.24, 2.45) is 0 Å². The molecule has 3 atom stereocenters. The zero-order valence-electron chi connectivity index (χ0n) is 11.1. The number of Topliss-reactive ketones (excluding diaryl/α,β-unsaturated/α-hetero) is 1. The van der Waals surface area contributed by atoms with Crippen molar-refractivity contribution in [3.63, 3.8) is 0 Å². The van der Waals surface area contributed by atoms with Crippen LogP contribution in [0.15, 0.2) is 0 Å². The van der Waals surface area contributed by atoms with Crippen molar-refractivity contribution in [3.05, 3.63) is 0 Å². The lowest BCUT2D eigenvalue weighted by Gasteiger charge is -2.23. The Morgan fingerprint density at radius 1 is 1.15 bits per heavy atom. The first-order chi connectivity index (χ1) is 9.24. The van der Waals surface area contributed by atoms with E-state index in [-0.39, 0.29) is 6.42 Å². The maximum absolute atomic E-state index is 11.8. The molecule has 0 heterocycles. The zero-order chi connectivity index (χ0) is 15.9. The predicted molar refractivity (Wildman–Crippen MR) is 65.6 cm³/mol. The summed E-state index contributed by atoms with van der Waals surface area (Å²) in [5.74, 6) is -3.92. The van der Waals surface area contributed by atoms with Crippen molar-refractivity contribution in [2.75, 3.05) is 6.61 Å². The SMILES string of the molecule is CCC(=O)N[C@H](C(=O)N[C@@H](CO)C(=O)O)[C@H](O)C(C)=O. The number of carboxylic acid groups (broad SMARTS) is 1. The van der Waals surface area contributed by atoms with E-state index in [1.54, 1.807) is 0 Å². The molecule has 114 valence electrons. The van der Waals surface area contributed by atoms with Crippen LogP contribution in [0.25, 0.3) is 0 Å². The fourth-order valence-corrected chi connectivity index (χ4v) is 1.25. The van der Waals surface area contributed by atoms with Gasteiger partial charge in [0.2, 0.25) is 11.8 Å². The highest BCUT2D eigenvalue weighted by Gasteiger charge is 2.33. The third-order valence-electron chi connectivity index (χ3n) is 2.45. The number of rotatable bonds is 8. The molecule has 5 N–H and O–H groups in total. The number of aliphatic hydroxyl groups excluding tert-OH is 2. The van der Waals surface area contributed by atoms with Crippen LogP contribution in [0.3, 0.4) is 0 Å². The Kier molecular flexibility index (Phi) is 7.40. The molecule has 2 amide bonds. The second-order valence-corrected chi connectivity index (χ2v) is 4.04. The van der Waals surface area contributed by atoms with Crippen LogP contribution in [0.4, 0.5) is 0 Å². The molecule has 0 rings (SSSR count). The van der Waals surface area contributed by atoms with E-state index < -0.39 is 48.4 Å². The van der Waals surface area contributed by atoms with Crippen molar-refractivity contribution < 1.29 is 34.5 Å². The summed E-state index contributed by atoms with van der Waals surface area (Å²) in [6, 6.07) is -3.21. The topological polar surface area (TPSA) is 153 Å². The smallest absolute Gasteiger partial charge is 0.328 e. The van der Waals surface area contributed by atoms with Gasteiger partial charge >= 0.3 is 5.97 Å². The van der Waals surface area contributed by atoms with Gasteiger partial charge in [-0.25, -0.2) is 4.79 Å². The molecule has 0 aliphatic heterocycles. The maximum Gasteiger partial charge on any atom is 0.328 e. The second kappa shape index (κ2) is 8.23. The molecule has 0 bridgehead atoms. The van der Waals surface area contributed by atoms with Gasteiger partial charge in [-0.1, -0.05) is 6.92 Å². The van der Waals surface area contributed by atoms with Crippen LogP contribution in [0.2, 0.25) is 0 Å². The molecule has 0 aliphatic carbocycles. The highest BCUT2D eigenvalue weighted by Crippen LogP contribution is 1.99. The number of carbonyl (C=O) groups is 4. The summed E-state index contributed by atoms with van der Waals surface area (Å²) in [7, 11) is 0. The molecular weight excluding hydrogens is 272 g/mol. The Balaban J connectivity index is 5.01. The van der Waals surface area contributed by atoms with Gasteiger partial charge in [-0.3, -0.25) is 14.4 Å². The summed E-state index contributed by atoms with van der Waals surface area (Å²) in [6.07, 6.45) is -1.80. The van der Waals surface area contributed by atoms with Crippen molar-refractivity contribution in [2.45, 2.75) is 38.5 Å². The van der Waals surface area contributed by atoms with E-state index >= 15 is 0 Å². The van der Waals surface area contributed by atoms with Gasteiger partial charge in [0.15, 0.2) is 5.78 Å². The van der Waals surface area contributed by atoms with E-state index in [1.807, 2.05) is 5.32 Å². The average Bonchev–Trinajstić information content (AvgIpc) is 2.39. The Labute approximate surface area is 115 Å². The van der Waals surface area contributed by atoms with Gasteiger partial charge in [-0.15, -0.1) is 0 Å². The maximum atomic E-state index is 11.8. The van der Waals surface area contributed by atoms with Crippen molar-refractivity contribution in [1.82, 2.24) is 10.6 Å². The molecule has 0 saturated heterocycles. The number of amides is 2. The number of ketones is 1. The van der Waals surface area contributed by atoms with Gasteiger partial charge in [0, 0.05) is 6.42 Å². The summed E-state index contributed by atoms with van der Waals surface area (Å²) in [6.45, 7) is 1.65. The molecule has 0 aromatic rings. The third kappa shape index (κ3) is 5.33. The van der Waals surface area contributed by atoms with E-state index in [0.717, 1.165) is 6.92 Å². The number of hydrogen-bond acceptors (Lipinski definition) is 6. The number of nitrogens with one attached hydrogen (secondary N) is 2. The Hall–Kier alpha value is -2.00. The normalized spacial score (nSPS) is 14.8. The predicted octanol–water partition coefficient (Wildman–Crippen LogP) is -2.61. The van der Waals surface area contributed by atoms with Crippen LogP contribution in [-0.2, 0) is 19.2 Å². The third-order valence-corrected chi connectivity index (χ3v) is 2.45. The van der Waals surface area contributed by atoms with Gasteiger partial charge in [0.25, 0.3) is 0 Å². The average molecular weight is 290 g/mol. The molecule has 0 aliphatic rings. The lowest BCUT2D eigenvalue weighted by atomic mass is 10.1. The van der Waals surface area contributed by atoms with Gasteiger partial charge in [0.05, 0.1) is 6.61 Å². The molecule has 0 spiro atoms. The summed E-state index contributed by atoms with van der Waals surface area (Å²) < 4.78 is 0. The summed E-state index contributed by atoms with van der Waals surface area (Å²) in [5, 5.41) is 31.1. The molecule has 0 radical (unpaired) electrons. The number of aliphatic hydroxyl groups is 2. The largest absolute Gasteiger partial charge is 0.480 e. The van der Waals surface area contributed by atoms with E-state index in [0.29, 0.717) is 0 Å². The van der Waals surface area contributed by atoms with Crippen molar-refractivity contribution >= 4 is 23.6 Å². The highest BCUT2D eigenvalue weighted by atomic mass is 16.4. The molecule has 0 aromatic carbocycles. The van der Waals surface area contributed by atoms with E-state index in [1.165, 1.54) is 6.92 Å². The highest BCUT2D eigenvalue weighted by molar-refractivity contribution is 5.95. The molecule has 9 heteroatoms. The molecule has 0 fully saturated rings. The summed E-state index contributed by atoms with van der Waals surface area (Å²) in [5.41, 5.74) is 0. The molecular formula is C11H18N2O7. The van der Waals surface area contributed by atoms with Crippen LogP contribution in [-0.4, -0.2) is 63.7 Å². The first-order valence-corrected chi connectivity index (χ1v) is 5.86. The van der Waals surface area contributed by atoms with Crippen LogP contribution in [0.5, 0.6) is 0 Å². The van der Waals surface area contributed by atoms with Crippen molar-refractivity contribution in [3.8, 4) is 0 Å². The second-order valence-electron chi connectivity index (χ2n) is 4.04. The summed E-state index contributed by atoms with van der Waals surface area (Å²) in [4.78, 5) is 44.8. The van der Waals surface area contributed by atoms with Gasteiger partial charge in [-0.2, -0.15) is 0 Å². The minimum absolute atomic E-state index is 0.0107. The van der Waals surface area contributed by atoms with Crippen LogP contribution in [0.1, 0.15) is 20.3 Å². The van der Waals surface area contributed by atoms with Crippen molar-refractivity contribution in [1.29, 1.82) is 0 Å². The van der Waals surface area contributed by atoms with Gasteiger partial charge in [0.1, 0.15) is 18.2 Å². The minimum Gasteiger partial charge on any atom is -0.480 e. The Bertz CT molecular complexity index is 396. The fourth-order valence-electron chi connectivity index (χ4n) is 1.25. The van der Waals surface area contributed by atoms with E-state index in [9.17, 15) is 24.3 Å².